The Labute approximate surface area is 101 Å². The van der Waals surface area contributed by atoms with Crippen LogP contribution in [0.25, 0.3) is 0 Å². The SMILES string of the molecule is Cc1csc(CCNC2CCC(N)CC2)n1. The van der Waals surface area contributed by atoms with E-state index >= 15 is 0 Å². The number of thiazole rings is 1. The Kier molecular flexibility index (Phi) is 4.32. The predicted octanol–water partition coefficient (Wildman–Crippen LogP) is 1.85. The van der Waals surface area contributed by atoms with Crippen molar-refractivity contribution in [2.24, 2.45) is 5.73 Å². The highest BCUT2D eigenvalue weighted by Crippen LogP contribution is 2.17. The lowest BCUT2D eigenvalue weighted by Crippen LogP contribution is -2.38. The number of aromatic nitrogens is 1. The summed E-state index contributed by atoms with van der Waals surface area (Å²) in [5.74, 6) is 0. The van der Waals surface area contributed by atoms with E-state index in [4.69, 9.17) is 5.73 Å². The van der Waals surface area contributed by atoms with Crippen LogP contribution in [0.15, 0.2) is 5.38 Å². The van der Waals surface area contributed by atoms with E-state index in [1.54, 1.807) is 11.3 Å². The fraction of sp³-hybridized carbons (Fsp3) is 0.750. The Hall–Kier alpha value is -0.450. The topological polar surface area (TPSA) is 50.9 Å². The summed E-state index contributed by atoms with van der Waals surface area (Å²) in [5, 5.41) is 6.98. The first-order valence-electron chi connectivity index (χ1n) is 6.14. The molecular formula is C12H21N3S. The molecule has 1 aromatic rings. The summed E-state index contributed by atoms with van der Waals surface area (Å²) in [4.78, 5) is 4.46. The van der Waals surface area contributed by atoms with Crippen LogP contribution in [-0.4, -0.2) is 23.6 Å². The van der Waals surface area contributed by atoms with Crippen LogP contribution in [0.2, 0.25) is 0 Å². The average molecular weight is 239 g/mol. The van der Waals surface area contributed by atoms with Crippen molar-refractivity contribution in [2.75, 3.05) is 6.54 Å². The molecule has 90 valence electrons. The maximum Gasteiger partial charge on any atom is 0.0940 e. The molecule has 4 heteroatoms. The number of aryl methyl sites for hydroxylation is 1. The van der Waals surface area contributed by atoms with E-state index in [1.807, 2.05) is 0 Å². The first kappa shape index (κ1) is 12.0. The Morgan fingerprint density at radius 3 is 2.81 bits per heavy atom. The maximum absolute atomic E-state index is 5.88. The molecule has 16 heavy (non-hydrogen) atoms. The third-order valence-corrected chi connectivity index (χ3v) is 4.24. The third kappa shape index (κ3) is 3.54. The van der Waals surface area contributed by atoms with Gasteiger partial charge >= 0.3 is 0 Å². The van der Waals surface area contributed by atoms with Crippen LogP contribution in [0.5, 0.6) is 0 Å². The molecule has 0 aromatic carbocycles. The lowest BCUT2D eigenvalue weighted by molar-refractivity contribution is 0.344. The van der Waals surface area contributed by atoms with Crippen LogP contribution in [0.3, 0.4) is 0 Å². The summed E-state index contributed by atoms with van der Waals surface area (Å²) in [6, 6.07) is 1.13. The summed E-state index contributed by atoms with van der Waals surface area (Å²) in [6.45, 7) is 3.10. The van der Waals surface area contributed by atoms with E-state index in [9.17, 15) is 0 Å². The number of hydrogen-bond acceptors (Lipinski definition) is 4. The summed E-state index contributed by atoms with van der Waals surface area (Å²) < 4.78 is 0. The molecule has 1 heterocycles. The van der Waals surface area contributed by atoms with E-state index in [-0.39, 0.29) is 0 Å². The Balaban J connectivity index is 1.64. The lowest BCUT2D eigenvalue weighted by Gasteiger charge is -2.26. The summed E-state index contributed by atoms with van der Waals surface area (Å²) in [5.41, 5.74) is 7.03. The van der Waals surface area contributed by atoms with Crippen molar-refractivity contribution in [3.05, 3.63) is 16.1 Å². The first-order valence-corrected chi connectivity index (χ1v) is 7.02. The highest BCUT2D eigenvalue weighted by Gasteiger charge is 2.17. The molecule has 3 nitrogen and oxygen atoms in total. The fourth-order valence-electron chi connectivity index (χ4n) is 2.22. The highest BCUT2D eigenvalue weighted by atomic mass is 32.1. The van der Waals surface area contributed by atoms with Crippen molar-refractivity contribution in [3.8, 4) is 0 Å². The number of rotatable bonds is 4. The molecule has 0 atom stereocenters. The van der Waals surface area contributed by atoms with Crippen molar-refractivity contribution in [3.63, 3.8) is 0 Å². The summed E-state index contributed by atoms with van der Waals surface area (Å²) >= 11 is 1.77. The minimum Gasteiger partial charge on any atom is -0.328 e. The fourth-order valence-corrected chi connectivity index (χ4v) is 3.00. The van der Waals surface area contributed by atoms with E-state index in [0.29, 0.717) is 12.1 Å². The number of nitrogens with two attached hydrogens (primary N) is 1. The molecule has 1 aliphatic rings. The summed E-state index contributed by atoms with van der Waals surface area (Å²) in [6.07, 6.45) is 5.87. The molecule has 0 spiro atoms. The van der Waals surface area contributed by atoms with Crippen molar-refractivity contribution < 1.29 is 0 Å². The van der Waals surface area contributed by atoms with Crippen LogP contribution < -0.4 is 11.1 Å². The van der Waals surface area contributed by atoms with Gasteiger partial charge in [0, 0.05) is 36.1 Å². The molecule has 0 bridgehead atoms. The van der Waals surface area contributed by atoms with E-state index < -0.39 is 0 Å². The normalized spacial score (nSPS) is 25.9. The standard InChI is InChI=1S/C12H21N3S/c1-9-8-16-12(15-9)6-7-14-11-4-2-10(13)3-5-11/h8,10-11,14H,2-7,13H2,1H3. The molecule has 3 N–H and O–H groups in total. The van der Waals surface area contributed by atoms with Crippen molar-refractivity contribution >= 4 is 11.3 Å². The largest absolute Gasteiger partial charge is 0.328 e. The molecule has 1 saturated carbocycles. The second-order valence-electron chi connectivity index (χ2n) is 4.70. The minimum atomic E-state index is 0.444. The molecule has 0 unspecified atom stereocenters. The highest BCUT2D eigenvalue weighted by molar-refractivity contribution is 7.09. The Morgan fingerprint density at radius 2 is 2.19 bits per heavy atom. The zero-order chi connectivity index (χ0) is 11.4. The monoisotopic (exact) mass is 239 g/mol. The first-order chi connectivity index (χ1) is 7.74. The Morgan fingerprint density at radius 1 is 1.44 bits per heavy atom. The smallest absolute Gasteiger partial charge is 0.0940 e. The van der Waals surface area contributed by atoms with Crippen molar-refractivity contribution in [2.45, 2.75) is 51.1 Å². The molecule has 0 saturated heterocycles. The third-order valence-electron chi connectivity index (χ3n) is 3.21. The second-order valence-corrected chi connectivity index (χ2v) is 5.64. The van der Waals surface area contributed by atoms with Gasteiger partial charge in [0.25, 0.3) is 0 Å². The zero-order valence-electron chi connectivity index (χ0n) is 9.91. The van der Waals surface area contributed by atoms with Crippen LogP contribution in [-0.2, 0) is 6.42 Å². The molecule has 1 fully saturated rings. The van der Waals surface area contributed by atoms with Crippen molar-refractivity contribution in [1.29, 1.82) is 0 Å². The quantitative estimate of drug-likeness (QED) is 0.843. The van der Waals surface area contributed by atoms with Gasteiger partial charge in [-0.05, 0) is 32.6 Å². The number of nitrogens with one attached hydrogen (secondary N) is 1. The van der Waals surface area contributed by atoms with Gasteiger partial charge in [-0.2, -0.15) is 0 Å². The van der Waals surface area contributed by atoms with Gasteiger partial charge in [-0.25, -0.2) is 4.98 Å². The molecule has 2 rings (SSSR count). The van der Waals surface area contributed by atoms with Gasteiger partial charge in [-0.3, -0.25) is 0 Å². The second kappa shape index (κ2) is 5.75. The molecular weight excluding hydrogens is 218 g/mol. The molecule has 0 aliphatic heterocycles. The minimum absolute atomic E-state index is 0.444. The van der Waals surface area contributed by atoms with Gasteiger partial charge in [0.05, 0.1) is 5.01 Å². The van der Waals surface area contributed by atoms with Crippen LogP contribution in [0.4, 0.5) is 0 Å². The van der Waals surface area contributed by atoms with E-state index in [2.05, 4.69) is 22.6 Å². The number of nitrogens with zero attached hydrogens (tertiary/aromatic N) is 1. The number of hydrogen-bond donors (Lipinski definition) is 2. The summed E-state index contributed by atoms with van der Waals surface area (Å²) in [7, 11) is 0. The zero-order valence-corrected chi connectivity index (χ0v) is 10.7. The van der Waals surface area contributed by atoms with Gasteiger partial charge in [0.2, 0.25) is 0 Å². The van der Waals surface area contributed by atoms with Gasteiger partial charge in [0.1, 0.15) is 0 Å². The van der Waals surface area contributed by atoms with Gasteiger partial charge in [-0.1, -0.05) is 0 Å². The molecule has 0 amide bonds. The van der Waals surface area contributed by atoms with E-state index in [1.165, 1.54) is 30.7 Å². The van der Waals surface area contributed by atoms with Crippen molar-refractivity contribution in [1.82, 2.24) is 10.3 Å². The lowest BCUT2D eigenvalue weighted by atomic mass is 9.92. The molecule has 1 aromatic heterocycles. The van der Waals surface area contributed by atoms with E-state index in [0.717, 1.165) is 18.7 Å². The maximum atomic E-state index is 5.88. The van der Waals surface area contributed by atoms with Gasteiger partial charge in [-0.15, -0.1) is 11.3 Å². The van der Waals surface area contributed by atoms with Crippen LogP contribution in [0, 0.1) is 6.92 Å². The van der Waals surface area contributed by atoms with Crippen LogP contribution >= 0.6 is 11.3 Å². The van der Waals surface area contributed by atoms with Gasteiger partial charge in [0.15, 0.2) is 0 Å². The predicted molar refractivity (Wildman–Crippen MR) is 68.8 cm³/mol. The van der Waals surface area contributed by atoms with Crippen LogP contribution in [0.1, 0.15) is 36.4 Å². The Bertz CT molecular complexity index is 316. The molecule has 0 radical (unpaired) electrons. The molecule has 1 aliphatic carbocycles. The van der Waals surface area contributed by atoms with Gasteiger partial charge < -0.3 is 11.1 Å². The average Bonchev–Trinajstić information content (AvgIpc) is 2.67.